The normalized spacial score (nSPS) is 13.2. The van der Waals surface area contributed by atoms with Gasteiger partial charge in [0.2, 0.25) is 0 Å². The first-order chi connectivity index (χ1) is 16.4. The Bertz CT molecular complexity index is 1030. The van der Waals surface area contributed by atoms with Gasteiger partial charge in [-0.1, -0.05) is 115 Å². The molecule has 0 amide bonds. The third kappa shape index (κ3) is 6.65. The van der Waals surface area contributed by atoms with Crippen LogP contribution >= 0.6 is 0 Å². The minimum atomic E-state index is 0.890. The lowest BCUT2D eigenvalue weighted by atomic mass is 10.0. The van der Waals surface area contributed by atoms with Gasteiger partial charge in [0.15, 0.2) is 0 Å². The summed E-state index contributed by atoms with van der Waals surface area (Å²) in [7, 11) is 0. The molecule has 1 aromatic carbocycles. The highest BCUT2D eigenvalue weighted by Gasteiger charge is 2.20. The average molecular weight is 447 g/mol. The van der Waals surface area contributed by atoms with Gasteiger partial charge in [-0.2, -0.15) is 5.10 Å². The number of fused-ring (bicyclic) bond motifs is 5. The van der Waals surface area contributed by atoms with Crippen molar-refractivity contribution >= 4 is 27.6 Å². The molecule has 0 saturated carbocycles. The molecule has 4 nitrogen and oxygen atoms in total. The molecule has 0 spiro atoms. The Morgan fingerprint density at radius 2 is 1.33 bits per heavy atom. The molecule has 0 aliphatic carbocycles. The molecule has 33 heavy (non-hydrogen) atoms. The van der Waals surface area contributed by atoms with Crippen LogP contribution in [0.4, 0.5) is 0 Å². The zero-order valence-corrected chi connectivity index (χ0v) is 20.7. The molecule has 0 radical (unpaired) electrons. The molecule has 4 rings (SSSR count). The lowest BCUT2D eigenvalue weighted by Crippen LogP contribution is -1.98. The molecule has 4 heteroatoms. The van der Waals surface area contributed by atoms with Crippen molar-refractivity contribution in [2.24, 2.45) is 5.10 Å². The summed E-state index contributed by atoms with van der Waals surface area (Å²) < 4.78 is 2.07. The van der Waals surface area contributed by atoms with Gasteiger partial charge in [-0.15, -0.1) is 0 Å². The number of aromatic nitrogens is 3. The second kappa shape index (κ2) is 12.9. The third-order valence-corrected chi connectivity index (χ3v) is 7.11. The number of unbranched alkanes of at least 4 members (excludes halogenated alkanes) is 14. The fourth-order valence-corrected chi connectivity index (χ4v) is 5.16. The maximum atomic E-state index is 4.94. The van der Waals surface area contributed by atoms with Crippen molar-refractivity contribution in [1.29, 1.82) is 0 Å². The number of rotatable bonds is 16. The van der Waals surface area contributed by atoms with Gasteiger partial charge in [-0.25, -0.2) is 9.66 Å². The molecule has 0 unspecified atom stereocenters. The molecule has 1 aliphatic rings. The minimum absolute atomic E-state index is 0.890. The van der Waals surface area contributed by atoms with Gasteiger partial charge in [0.25, 0.3) is 0 Å². The van der Waals surface area contributed by atoms with Crippen LogP contribution in [0.3, 0.4) is 0 Å². The molecule has 178 valence electrons. The number of imidazole rings is 1. The molecule has 0 fully saturated rings. The van der Waals surface area contributed by atoms with Crippen molar-refractivity contribution in [2.75, 3.05) is 0 Å². The lowest BCUT2D eigenvalue weighted by molar-refractivity contribution is 0.533. The van der Waals surface area contributed by atoms with Gasteiger partial charge < -0.3 is 0 Å². The van der Waals surface area contributed by atoms with E-state index in [1.165, 1.54) is 102 Å². The topological polar surface area (TPSA) is 43.1 Å². The van der Waals surface area contributed by atoms with Crippen LogP contribution in [0.1, 0.15) is 115 Å². The van der Waals surface area contributed by atoms with E-state index in [1.807, 2.05) is 12.3 Å². The van der Waals surface area contributed by atoms with E-state index in [9.17, 15) is 0 Å². The first-order valence-electron chi connectivity index (χ1n) is 13.7. The molecule has 0 N–H and O–H groups in total. The molecular weight excluding hydrogens is 404 g/mol. The Labute approximate surface area is 199 Å². The quantitative estimate of drug-likeness (QED) is 0.207. The van der Waals surface area contributed by atoms with E-state index in [0.717, 1.165) is 40.6 Å². The number of hydrogen-bond donors (Lipinski definition) is 0. The number of pyridine rings is 1. The highest BCUT2D eigenvalue weighted by Crippen LogP contribution is 2.28. The van der Waals surface area contributed by atoms with Gasteiger partial charge in [-0.05, 0) is 18.9 Å². The second-order valence-corrected chi connectivity index (χ2v) is 9.89. The van der Waals surface area contributed by atoms with Crippen LogP contribution < -0.4 is 0 Å². The Hall–Kier alpha value is -2.23. The van der Waals surface area contributed by atoms with E-state index in [2.05, 4.69) is 34.8 Å². The Morgan fingerprint density at radius 1 is 0.727 bits per heavy atom. The van der Waals surface area contributed by atoms with Crippen LogP contribution in [0, 0.1) is 0 Å². The Morgan fingerprint density at radius 3 is 2.00 bits per heavy atom. The molecule has 3 aromatic rings. The zero-order valence-electron chi connectivity index (χ0n) is 20.7. The summed E-state index contributed by atoms with van der Waals surface area (Å²) in [5.41, 5.74) is 4.37. The summed E-state index contributed by atoms with van der Waals surface area (Å²) >= 11 is 0. The fourth-order valence-electron chi connectivity index (χ4n) is 5.16. The van der Waals surface area contributed by atoms with Crippen molar-refractivity contribution < 1.29 is 0 Å². The maximum absolute atomic E-state index is 4.94. The number of para-hydroxylation sites is 1. The highest BCUT2D eigenvalue weighted by atomic mass is 15.4. The second-order valence-electron chi connectivity index (χ2n) is 9.89. The van der Waals surface area contributed by atoms with Crippen molar-refractivity contribution in [2.45, 2.75) is 116 Å². The van der Waals surface area contributed by atoms with Gasteiger partial charge in [-0.3, -0.25) is 4.98 Å². The standard InChI is InChI=1S/C29H42N4/c1-2-3-4-5-6-7-8-9-10-11-12-13-14-15-16-19-24-22-28-31-27-23-30-26-21-18-17-20-25(26)29(27)33(28)32-24/h17-18,20-21,23H,2-16,19,22H2,1H3. The third-order valence-electron chi connectivity index (χ3n) is 7.11. The van der Waals surface area contributed by atoms with E-state index in [1.54, 1.807) is 0 Å². The first-order valence-corrected chi connectivity index (χ1v) is 13.7. The van der Waals surface area contributed by atoms with Crippen molar-refractivity contribution in [3.63, 3.8) is 0 Å². The van der Waals surface area contributed by atoms with Crippen LogP contribution in [-0.4, -0.2) is 20.4 Å². The number of benzene rings is 1. The van der Waals surface area contributed by atoms with E-state index in [0.29, 0.717) is 0 Å². The molecule has 1 aliphatic heterocycles. The van der Waals surface area contributed by atoms with Crippen LogP contribution in [-0.2, 0) is 6.42 Å². The van der Waals surface area contributed by atoms with Gasteiger partial charge >= 0.3 is 0 Å². The van der Waals surface area contributed by atoms with Crippen LogP contribution in [0.2, 0.25) is 0 Å². The van der Waals surface area contributed by atoms with Crippen LogP contribution in [0.5, 0.6) is 0 Å². The van der Waals surface area contributed by atoms with Gasteiger partial charge in [0.1, 0.15) is 16.9 Å². The minimum Gasteiger partial charge on any atom is -0.254 e. The van der Waals surface area contributed by atoms with Crippen molar-refractivity contribution in [3.05, 3.63) is 36.3 Å². The van der Waals surface area contributed by atoms with E-state index < -0.39 is 0 Å². The summed E-state index contributed by atoms with van der Waals surface area (Å²) in [6.07, 6.45) is 25.0. The molecule has 3 heterocycles. The Balaban J connectivity index is 1.07. The summed E-state index contributed by atoms with van der Waals surface area (Å²) in [5, 5.41) is 6.08. The zero-order chi connectivity index (χ0) is 22.7. The smallest absolute Gasteiger partial charge is 0.137 e. The van der Waals surface area contributed by atoms with Gasteiger partial charge in [0, 0.05) is 17.5 Å². The fraction of sp³-hybridized carbons (Fsp3) is 0.621. The molecular formula is C29H42N4. The monoisotopic (exact) mass is 446 g/mol. The van der Waals surface area contributed by atoms with Crippen molar-refractivity contribution in [3.8, 4) is 0 Å². The first kappa shape index (κ1) is 23.9. The van der Waals surface area contributed by atoms with E-state index in [4.69, 9.17) is 10.1 Å². The van der Waals surface area contributed by atoms with E-state index in [-0.39, 0.29) is 0 Å². The summed E-state index contributed by atoms with van der Waals surface area (Å²) in [5.74, 6) is 1.07. The highest BCUT2D eigenvalue weighted by molar-refractivity contribution is 6.03. The Kier molecular flexibility index (Phi) is 9.32. The molecule has 2 aromatic heterocycles. The lowest BCUT2D eigenvalue weighted by Gasteiger charge is -2.04. The number of hydrogen-bond acceptors (Lipinski definition) is 3. The maximum Gasteiger partial charge on any atom is 0.137 e. The molecule has 0 atom stereocenters. The summed E-state index contributed by atoms with van der Waals surface area (Å²) in [6.45, 7) is 2.29. The molecule has 0 saturated heterocycles. The summed E-state index contributed by atoms with van der Waals surface area (Å²) in [6, 6.07) is 8.29. The largest absolute Gasteiger partial charge is 0.254 e. The SMILES string of the molecule is CCCCCCCCCCCCCCCCCC1=Nn2c(nc3cnc4ccccc4c32)C1. The van der Waals surface area contributed by atoms with Crippen molar-refractivity contribution in [1.82, 2.24) is 14.6 Å². The predicted octanol–water partition coefficient (Wildman–Crippen LogP) is 8.61. The number of nitrogens with zero attached hydrogens (tertiary/aromatic N) is 4. The van der Waals surface area contributed by atoms with Gasteiger partial charge in [0.05, 0.1) is 11.7 Å². The predicted molar refractivity (Wildman–Crippen MR) is 141 cm³/mol. The van der Waals surface area contributed by atoms with Crippen LogP contribution in [0.25, 0.3) is 21.9 Å². The van der Waals surface area contributed by atoms with Crippen LogP contribution in [0.15, 0.2) is 35.6 Å². The molecule has 0 bridgehead atoms. The van der Waals surface area contributed by atoms with E-state index >= 15 is 0 Å². The summed E-state index contributed by atoms with van der Waals surface area (Å²) in [4.78, 5) is 9.34. The average Bonchev–Trinajstić information content (AvgIpc) is 3.39.